The summed E-state index contributed by atoms with van der Waals surface area (Å²) in [7, 11) is 1.58. The van der Waals surface area contributed by atoms with Crippen molar-refractivity contribution >= 4 is 51.4 Å². The van der Waals surface area contributed by atoms with E-state index in [0.717, 1.165) is 21.4 Å². The van der Waals surface area contributed by atoms with E-state index in [4.69, 9.17) is 21.1 Å². The van der Waals surface area contributed by atoms with Crippen molar-refractivity contribution in [2.24, 2.45) is 5.10 Å². The molecule has 34 heavy (non-hydrogen) atoms. The first kappa shape index (κ1) is 26.1. The highest BCUT2D eigenvalue weighted by atomic mass is 79.9. The summed E-state index contributed by atoms with van der Waals surface area (Å²) < 4.78 is 12.2. The summed E-state index contributed by atoms with van der Waals surface area (Å²) in [6, 6.07) is 17.5. The first-order chi connectivity index (χ1) is 16.3. The SMILES string of the molecule is COc1cc(/C=N\NC(=O)CSCc2cc(C)cc(C)c2)cc(Br)c1OCc1ccc(Cl)cc1. The number of halogens is 2. The minimum absolute atomic E-state index is 0.153. The number of nitrogens with one attached hydrogen (secondary N) is 1. The van der Waals surface area contributed by atoms with E-state index in [9.17, 15) is 4.79 Å². The fourth-order valence-corrected chi connectivity index (χ4v) is 4.77. The van der Waals surface area contributed by atoms with Gasteiger partial charge in [-0.15, -0.1) is 11.8 Å². The van der Waals surface area contributed by atoms with Crippen molar-refractivity contribution in [3.63, 3.8) is 0 Å². The average Bonchev–Trinajstić information content (AvgIpc) is 2.78. The molecule has 178 valence electrons. The Morgan fingerprint density at radius 1 is 1.09 bits per heavy atom. The Balaban J connectivity index is 1.52. The molecule has 0 atom stereocenters. The number of methoxy groups -OCH3 is 1. The van der Waals surface area contributed by atoms with Crippen LogP contribution in [-0.4, -0.2) is 25.0 Å². The lowest BCUT2D eigenvalue weighted by molar-refractivity contribution is -0.118. The summed E-state index contributed by atoms with van der Waals surface area (Å²) in [6.45, 7) is 4.53. The number of hydrogen-bond acceptors (Lipinski definition) is 5. The number of benzene rings is 3. The molecule has 3 aromatic rings. The third-order valence-electron chi connectivity index (χ3n) is 4.73. The zero-order chi connectivity index (χ0) is 24.5. The fraction of sp³-hybridized carbons (Fsp3) is 0.231. The number of carbonyl (C=O) groups is 1. The van der Waals surface area contributed by atoms with Crippen LogP contribution in [0.15, 0.2) is 64.2 Å². The van der Waals surface area contributed by atoms with Crippen molar-refractivity contribution in [2.75, 3.05) is 12.9 Å². The first-order valence-corrected chi connectivity index (χ1v) is 12.9. The zero-order valence-corrected chi connectivity index (χ0v) is 22.4. The monoisotopic (exact) mass is 560 g/mol. The molecule has 0 saturated heterocycles. The van der Waals surface area contributed by atoms with Crippen molar-refractivity contribution in [3.05, 3.63) is 91.9 Å². The Kier molecular flexibility index (Phi) is 9.86. The van der Waals surface area contributed by atoms with Gasteiger partial charge in [0.25, 0.3) is 0 Å². The molecule has 1 amide bonds. The average molecular weight is 562 g/mol. The number of thioether (sulfide) groups is 1. The number of nitrogens with zero attached hydrogens (tertiary/aromatic N) is 1. The summed E-state index contributed by atoms with van der Waals surface area (Å²) in [5.74, 6) is 2.09. The second kappa shape index (κ2) is 12.8. The standard InChI is InChI=1S/C26H26BrClN2O3S/c1-17-8-18(2)10-21(9-17)15-34-16-25(31)30-29-13-20-11-23(27)26(24(12-20)32-3)33-14-19-4-6-22(28)7-5-19/h4-13H,14-16H2,1-3H3,(H,30,31)/b29-13-. The Hall–Kier alpha value is -2.48. The molecule has 5 nitrogen and oxygen atoms in total. The first-order valence-electron chi connectivity index (χ1n) is 10.6. The molecular formula is C26H26BrClN2O3S. The smallest absolute Gasteiger partial charge is 0.250 e. The van der Waals surface area contributed by atoms with E-state index in [1.807, 2.05) is 30.3 Å². The van der Waals surface area contributed by atoms with Crippen molar-refractivity contribution < 1.29 is 14.3 Å². The summed E-state index contributed by atoms with van der Waals surface area (Å²) in [4.78, 5) is 12.1. The number of aryl methyl sites for hydroxylation is 2. The molecular weight excluding hydrogens is 536 g/mol. The van der Waals surface area contributed by atoms with Gasteiger partial charge in [0.1, 0.15) is 6.61 Å². The van der Waals surface area contributed by atoms with Crippen molar-refractivity contribution in [3.8, 4) is 11.5 Å². The number of amides is 1. The Morgan fingerprint density at radius 2 is 1.79 bits per heavy atom. The molecule has 0 aliphatic heterocycles. The molecule has 0 aliphatic rings. The minimum atomic E-state index is -0.153. The van der Waals surface area contributed by atoms with Crippen LogP contribution in [0.4, 0.5) is 0 Å². The Labute approximate surface area is 218 Å². The van der Waals surface area contributed by atoms with E-state index in [0.29, 0.717) is 28.9 Å². The lowest BCUT2D eigenvalue weighted by Crippen LogP contribution is -2.19. The number of hydrogen-bond donors (Lipinski definition) is 1. The maximum Gasteiger partial charge on any atom is 0.250 e. The van der Waals surface area contributed by atoms with Crippen LogP contribution in [0.3, 0.4) is 0 Å². The summed E-state index contributed by atoms with van der Waals surface area (Å²) >= 11 is 11.0. The number of carbonyl (C=O) groups excluding carboxylic acids is 1. The van der Waals surface area contributed by atoms with E-state index in [-0.39, 0.29) is 5.91 Å². The maximum atomic E-state index is 12.1. The normalized spacial score (nSPS) is 11.0. The van der Waals surface area contributed by atoms with E-state index in [2.05, 4.69) is 58.5 Å². The molecule has 1 N–H and O–H groups in total. The van der Waals surface area contributed by atoms with Gasteiger partial charge in [0, 0.05) is 10.8 Å². The van der Waals surface area contributed by atoms with Gasteiger partial charge in [-0.2, -0.15) is 5.10 Å². The van der Waals surface area contributed by atoms with Crippen molar-refractivity contribution in [1.29, 1.82) is 0 Å². The van der Waals surface area contributed by atoms with Gasteiger partial charge in [-0.05, 0) is 70.7 Å². The lowest BCUT2D eigenvalue weighted by Gasteiger charge is -2.13. The van der Waals surface area contributed by atoms with Gasteiger partial charge in [-0.3, -0.25) is 4.79 Å². The third-order valence-corrected chi connectivity index (χ3v) is 6.58. The van der Waals surface area contributed by atoms with Crippen LogP contribution in [0, 0.1) is 13.8 Å². The van der Waals surface area contributed by atoms with Crippen LogP contribution in [-0.2, 0) is 17.2 Å². The molecule has 3 aromatic carbocycles. The molecule has 0 saturated carbocycles. The third kappa shape index (κ3) is 8.08. The summed E-state index contributed by atoms with van der Waals surface area (Å²) in [5, 5.41) is 4.75. The maximum absolute atomic E-state index is 12.1. The predicted octanol–water partition coefficient (Wildman–Crippen LogP) is 6.69. The molecule has 0 spiro atoms. The lowest BCUT2D eigenvalue weighted by atomic mass is 10.1. The zero-order valence-electron chi connectivity index (χ0n) is 19.2. The largest absolute Gasteiger partial charge is 0.493 e. The number of rotatable bonds is 10. The molecule has 0 aliphatic carbocycles. The highest BCUT2D eigenvalue weighted by molar-refractivity contribution is 9.10. The van der Waals surface area contributed by atoms with E-state index in [1.54, 1.807) is 31.2 Å². The van der Waals surface area contributed by atoms with Gasteiger partial charge < -0.3 is 9.47 Å². The molecule has 0 aromatic heterocycles. The van der Waals surface area contributed by atoms with Gasteiger partial charge in [-0.25, -0.2) is 5.43 Å². The fourth-order valence-electron chi connectivity index (χ4n) is 3.32. The van der Waals surface area contributed by atoms with E-state index >= 15 is 0 Å². The van der Waals surface area contributed by atoms with Crippen LogP contribution >= 0.6 is 39.3 Å². The van der Waals surface area contributed by atoms with Crippen LogP contribution in [0.5, 0.6) is 11.5 Å². The second-order valence-corrected chi connectivity index (χ2v) is 10.0. The highest BCUT2D eigenvalue weighted by Crippen LogP contribution is 2.37. The van der Waals surface area contributed by atoms with Crippen LogP contribution in [0.1, 0.15) is 27.8 Å². The molecule has 3 rings (SSSR count). The molecule has 0 radical (unpaired) electrons. The predicted molar refractivity (Wildman–Crippen MR) is 144 cm³/mol. The summed E-state index contributed by atoms with van der Waals surface area (Å²) in [6.07, 6.45) is 1.57. The van der Waals surface area contributed by atoms with Crippen LogP contribution < -0.4 is 14.9 Å². The van der Waals surface area contributed by atoms with E-state index in [1.165, 1.54) is 16.7 Å². The molecule has 0 bridgehead atoms. The highest BCUT2D eigenvalue weighted by Gasteiger charge is 2.12. The van der Waals surface area contributed by atoms with Gasteiger partial charge in [-0.1, -0.05) is 53.1 Å². The van der Waals surface area contributed by atoms with Crippen LogP contribution in [0.25, 0.3) is 0 Å². The molecule has 0 heterocycles. The molecule has 0 unspecified atom stereocenters. The summed E-state index contributed by atoms with van der Waals surface area (Å²) in [5.41, 5.74) is 7.99. The topological polar surface area (TPSA) is 59.9 Å². The Morgan fingerprint density at radius 3 is 2.47 bits per heavy atom. The van der Waals surface area contributed by atoms with E-state index < -0.39 is 0 Å². The second-order valence-electron chi connectivity index (χ2n) is 7.73. The molecule has 8 heteroatoms. The number of ether oxygens (including phenoxy) is 2. The van der Waals surface area contributed by atoms with Crippen LogP contribution in [0.2, 0.25) is 5.02 Å². The quantitative estimate of drug-likeness (QED) is 0.221. The minimum Gasteiger partial charge on any atom is -0.493 e. The number of hydrazone groups is 1. The molecule has 0 fully saturated rings. The van der Waals surface area contributed by atoms with Gasteiger partial charge in [0.2, 0.25) is 5.91 Å². The van der Waals surface area contributed by atoms with Crippen molar-refractivity contribution in [2.45, 2.75) is 26.2 Å². The van der Waals surface area contributed by atoms with Gasteiger partial charge >= 0.3 is 0 Å². The van der Waals surface area contributed by atoms with Gasteiger partial charge in [0.15, 0.2) is 11.5 Å². The van der Waals surface area contributed by atoms with Gasteiger partial charge in [0.05, 0.1) is 23.5 Å². The van der Waals surface area contributed by atoms with Crippen molar-refractivity contribution in [1.82, 2.24) is 5.43 Å². The Bertz CT molecular complexity index is 1150.